The lowest BCUT2D eigenvalue weighted by Crippen LogP contribution is -2.47. The average molecular weight is 364 g/mol. The van der Waals surface area contributed by atoms with Crippen molar-refractivity contribution < 1.29 is 18.0 Å². The van der Waals surface area contributed by atoms with Gasteiger partial charge in [-0.2, -0.15) is 28.2 Å². The minimum absolute atomic E-state index is 0.0101. The second-order valence-electron chi connectivity index (χ2n) is 7.03. The van der Waals surface area contributed by atoms with Crippen molar-refractivity contribution in [2.75, 3.05) is 0 Å². The Morgan fingerprint density at radius 1 is 1.00 bits per heavy atom. The molecule has 4 rings (SSSR count). The number of piperidine rings is 1. The van der Waals surface area contributed by atoms with Crippen molar-refractivity contribution in [3.8, 4) is 0 Å². The van der Waals surface area contributed by atoms with E-state index in [-0.39, 0.29) is 30.5 Å². The zero-order valence-corrected chi connectivity index (χ0v) is 14.1. The number of hydrogen-bond donors (Lipinski definition) is 0. The van der Waals surface area contributed by atoms with Gasteiger partial charge in [-0.3, -0.25) is 4.79 Å². The van der Waals surface area contributed by atoms with Crippen LogP contribution in [0.25, 0.3) is 0 Å². The van der Waals surface area contributed by atoms with Crippen LogP contribution in [0.15, 0.2) is 36.7 Å². The first-order valence-corrected chi connectivity index (χ1v) is 8.75. The van der Waals surface area contributed by atoms with Crippen molar-refractivity contribution in [2.45, 2.75) is 56.4 Å². The monoisotopic (exact) mass is 364 g/mol. The third-order valence-corrected chi connectivity index (χ3v) is 5.40. The predicted molar refractivity (Wildman–Crippen MR) is 87.1 cm³/mol. The number of carbonyl (C=O) groups excluding carboxylic acids is 1. The van der Waals surface area contributed by atoms with E-state index in [1.165, 1.54) is 12.1 Å². The molecule has 2 atom stereocenters. The van der Waals surface area contributed by atoms with Crippen LogP contribution < -0.4 is 0 Å². The fourth-order valence-corrected chi connectivity index (χ4v) is 4.24. The van der Waals surface area contributed by atoms with Gasteiger partial charge < -0.3 is 4.90 Å². The molecule has 26 heavy (non-hydrogen) atoms. The van der Waals surface area contributed by atoms with Gasteiger partial charge in [0.05, 0.1) is 30.4 Å². The molecule has 2 aromatic rings. The first-order chi connectivity index (χ1) is 12.4. The number of benzene rings is 1. The number of fused-ring (bicyclic) bond motifs is 2. The third kappa shape index (κ3) is 3.20. The van der Waals surface area contributed by atoms with E-state index in [1.54, 1.807) is 17.2 Å². The molecule has 0 spiro atoms. The number of nitrogens with zero attached hydrogens (tertiary/aromatic N) is 4. The van der Waals surface area contributed by atoms with Crippen molar-refractivity contribution in [3.63, 3.8) is 0 Å². The number of aromatic nitrogens is 3. The molecular weight excluding hydrogens is 345 g/mol. The smallest absolute Gasteiger partial charge is 0.336 e. The maximum atomic E-state index is 12.8. The summed E-state index contributed by atoms with van der Waals surface area (Å²) in [5.41, 5.74) is -0.0837. The molecule has 2 bridgehead atoms. The van der Waals surface area contributed by atoms with Crippen LogP contribution in [0.5, 0.6) is 0 Å². The molecule has 0 radical (unpaired) electrons. The molecule has 8 heteroatoms. The summed E-state index contributed by atoms with van der Waals surface area (Å²) < 4.78 is 37.9. The molecule has 1 amide bonds. The first-order valence-electron chi connectivity index (χ1n) is 8.75. The summed E-state index contributed by atoms with van der Waals surface area (Å²) in [5.74, 6) is -0.0101. The van der Waals surface area contributed by atoms with Gasteiger partial charge in [-0.1, -0.05) is 12.1 Å². The number of carbonyl (C=O) groups is 1. The molecule has 0 N–H and O–H groups in total. The van der Waals surface area contributed by atoms with Gasteiger partial charge in [0.2, 0.25) is 5.91 Å². The lowest BCUT2D eigenvalue weighted by molar-refractivity contribution is -0.137. The largest absolute Gasteiger partial charge is 0.416 e. The number of alkyl halides is 3. The highest BCUT2D eigenvalue weighted by Gasteiger charge is 2.44. The fourth-order valence-electron chi connectivity index (χ4n) is 4.24. The summed E-state index contributed by atoms with van der Waals surface area (Å²) in [4.78, 5) is 16.4. The molecule has 2 unspecified atom stereocenters. The molecule has 138 valence electrons. The summed E-state index contributed by atoms with van der Waals surface area (Å²) in [6, 6.07) is 5.38. The van der Waals surface area contributed by atoms with Crippen molar-refractivity contribution >= 4 is 5.91 Å². The van der Waals surface area contributed by atoms with Crippen LogP contribution in [0.2, 0.25) is 0 Å². The Morgan fingerprint density at radius 2 is 1.58 bits per heavy atom. The molecular formula is C18H19F3N4O. The number of rotatable bonds is 3. The van der Waals surface area contributed by atoms with Crippen LogP contribution in [0, 0.1) is 0 Å². The predicted octanol–water partition coefficient (Wildman–Crippen LogP) is 3.23. The van der Waals surface area contributed by atoms with Crippen molar-refractivity contribution in [1.29, 1.82) is 0 Å². The van der Waals surface area contributed by atoms with E-state index < -0.39 is 11.7 Å². The summed E-state index contributed by atoms with van der Waals surface area (Å²) in [6.07, 6.45) is 2.66. The van der Waals surface area contributed by atoms with Crippen LogP contribution >= 0.6 is 0 Å². The summed E-state index contributed by atoms with van der Waals surface area (Å²) >= 11 is 0. The summed E-state index contributed by atoms with van der Waals surface area (Å²) in [7, 11) is 0. The molecule has 2 aliphatic rings. The van der Waals surface area contributed by atoms with Gasteiger partial charge in [-0.05, 0) is 43.4 Å². The molecule has 3 heterocycles. The van der Waals surface area contributed by atoms with Gasteiger partial charge in [0.1, 0.15) is 0 Å². The van der Waals surface area contributed by atoms with E-state index in [1.807, 2.05) is 4.90 Å². The lowest BCUT2D eigenvalue weighted by atomic mass is 9.96. The van der Waals surface area contributed by atoms with E-state index in [0.29, 0.717) is 5.56 Å². The van der Waals surface area contributed by atoms with Crippen molar-refractivity contribution in [1.82, 2.24) is 19.9 Å². The van der Waals surface area contributed by atoms with Crippen LogP contribution in [-0.2, 0) is 17.4 Å². The van der Waals surface area contributed by atoms with Gasteiger partial charge in [0.15, 0.2) is 0 Å². The highest BCUT2D eigenvalue weighted by atomic mass is 19.4. The Bertz CT molecular complexity index is 759. The van der Waals surface area contributed by atoms with Gasteiger partial charge in [-0.15, -0.1) is 0 Å². The van der Waals surface area contributed by atoms with Crippen LogP contribution in [0.3, 0.4) is 0 Å². The number of hydrogen-bond acceptors (Lipinski definition) is 3. The number of halogens is 3. The Labute approximate surface area is 148 Å². The Kier molecular flexibility index (Phi) is 4.20. The molecule has 0 aliphatic carbocycles. The molecule has 5 nitrogen and oxygen atoms in total. The van der Waals surface area contributed by atoms with Crippen LogP contribution in [-0.4, -0.2) is 37.9 Å². The second-order valence-corrected chi connectivity index (χ2v) is 7.03. The van der Waals surface area contributed by atoms with E-state index in [4.69, 9.17) is 0 Å². The maximum Gasteiger partial charge on any atom is 0.416 e. The summed E-state index contributed by atoms with van der Waals surface area (Å²) in [5, 5.41) is 8.42. The van der Waals surface area contributed by atoms with E-state index in [0.717, 1.165) is 37.8 Å². The Balaban J connectivity index is 1.43. The minimum atomic E-state index is -4.36. The minimum Gasteiger partial charge on any atom is -0.336 e. The quantitative estimate of drug-likeness (QED) is 0.840. The zero-order chi connectivity index (χ0) is 18.3. The van der Waals surface area contributed by atoms with Crippen LogP contribution in [0.4, 0.5) is 13.2 Å². The van der Waals surface area contributed by atoms with Crippen molar-refractivity contribution in [2.24, 2.45) is 0 Å². The summed E-state index contributed by atoms with van der Waals surface area (Å²) in [6.45, 7) is 0. The average Bonchev–Trinajstić information content (AvgIpc) is 3.21. The van der Waals surface area contributed by atoms with Crippen LogP contribution in [0.1, 0.15) is 42.9 Å². The highest BCUT2D eigenvalue weighted by molar-refractivity contribution is 5.80. The van der Waals surface area contributed by atoms with E-state index in [2.05, 4.69) is 10.2 Å². The molecule has 0 saturated carbocycles. The Morgan fingerprint density at radius 3 is 2.12 bits per heavy atom. The molecule has 1 aromatic carbocycles. The number of amides is 1. The fraction of sp³-hybridized carbons (Fsp3) is 0.500. The SMILES string of the molecule is O=C(Cc1ccc(C(F)(F)F)cc1)N1C2CCC1CC(n1nccn1)C2. The van der Waals surface area contributed by atoms with Gasteiger partial charge in [-0.25, -0.2) is 0 Å². The molecule has 2 saturated heterocycles. The topological polar surface area (TPSA) is 51.0 Å². The normalized spacial score (nSPS) is 25.5. The van der Waals surface area contributed by atoms with Gasteiger partial charge >= 0.3 is 6.18 Å². The maximum absolute atomic E-state index is 12.8. The third-order valence-electron chi connectivity index (χ3n) is 5.40. The lowest BCUT2D eigenvalue weighted by Gasteiger charge is -2.38. The zero-order valence-electron chi connectivity index (χ0n) is 14.1. The first kappa shape index (κ1) is 17.1. The Hall–Kier alpha value is -2.38. The standard InChI is InChI=1S/C18H19F3N4O/c19-18(20,21)13-3-1-12(2-4-13)9-17(26)24-14-5-6-15(24)11-16(10-14)25-22-7-8-23-25/h1-4,7-8,14-16H,5-6,9-11H2. The highest BCUT2D eigenvalue weighted by Crippen LogP contribution is 2.40. The van der Waals surface area contributed by atoms with Gasteiger partial charge in [0, 0.05) is 12.1 Å². The van der Waals surface area contributed by atoms with E-state index in [9.17, 15) is 18.0 Å². The van der Waals surface area contributed by atoms with Crippen molar-refractivity contribution in [3.05, 3.63) is 47.8 Å². The molecule has 2 aliphatic heterocycles. The molecule has 2 fully saturated rings. The second kappa shape index (κ2) is 6.41. The van der Waals surface area contributed by atoms with Gasteiger partial charge in [0.25, 0.3) is 0 Å². The molecule has 1 aromatic heterocycles. The van der Waals surface area contributed by atoms with E-state index >= 15 is 0 Å².